The van der Waals surface area contributed by atoms with Crippen LogP contribution in [-0.2, 0) is 9.53 Å². The lowest BCUT2D eigenvalue weighted by Gasteiger charge is -2.20. The second kappa shape index (κ2) is 7.93. The van der Waals surface area contributed by atoms with Gasteiger partial charge in [0.1, 0.15) is 11.7 Å². The van der Waals surface area contributed by atoms with Gasteiger partial charge in [0, 0.05) is 0 Å². The SMILES string of the molecule is COC(=O)C(C(F)F)C(O)c1ccc(OCC(C)C)cc1. The number of rotatable bonds is 7. The summed E-state index contributed by atoms with van der Waals surface area (Å²) in [6.45, 7) is 4.53. The molecule has 0 heterocycles. The molecule has 0 aliphatic carbocycles. The average Bonchev–Trinajstić information content (AvgIpc) is 2.45. The molecule has 1 aromatic carbocycles. The van der Waals surface area contributed by atoms with Gasteiger partial charge in [-0.05, 0) is 23.6 Å². The first-order valence-corrected chi connectivity index (χ1v) is 6.63. The first kappa shape index (κ1) is 17.4. The lowest BCUT2D eigenvalue weighted by Crippen LogP contribution is -2.30. The number of ether oxygens (including phenoxy) is 2. The molecule has 2 unspecified atom stereocenters. The van der Waals surface area contributed by atoms with E-state index in [9.17, 15) is 18.7 Å². The fraction of sp³-hybridized carbons (Fsp3) is 0.533. The second-order valence-electron chi connectivity index (χ2n) is 5.10. The van der Waals surface area contributed by atoms with Gasteiger partial charge in [-0.25, -0.2) is 8.78 Å². The molecule has 0 bridgehead atoms. The molecule has 0 radical (unpaired) electrons. The molecule has 0 saturated carbocycles. The molecule has 1 rings (SSSR count). The van der Waals surface area contributed by atoms with Gasteiger partial charge in [-0.1, -0.05) is 26.0 Å². The van der Waals surface area contributed by atoms with Crippen molar-refractivity contribution in [2.75, 3.05) is 13.7 Å². The molecule has 0 aliphatic rings. The van der Waals surface area contributed by atoms with E-state index < -0.39 is 24.4 Å². The van der Waals surface area contributed by atoms with Crippen LogP contribution < -0.4 is 4.74 Å². The van der Waals surface area contributed by atoms with Gasteiger partial charge in [-0.2, -0.15) is 0 Å². The molecule has 0 fully saturated rings. The molecule has 21 heavy (non-hydrogen) atoms. The second-order valence-corrected chi connectivity index (χ2v) is 5.10. The van der Waals surface area contributed by atoms with Crippen LogP contribution in [0.4, 0.5) is 8.78 Å². The van der Waals surface area contributed by atoms with Crippen molar-refractivity contribution in [3.63, 3.8) is 0 Å². The minimum atomic E-state index is -3.01. The van der Waals surface area contributed by atoms with Crippen molar-refractivity contribution in [2.45, 2.75) is 26.4 Å². The highest BCUT2D eigenvalue weighted by atomic mass is 19.3. The molecule has 0 spiro atoms. The Morgan fingerprint density at radius 2 is 1.81 bits per heavy atom. The van der Waals surface area contributed by atoms with E-state index in [0.29, 0.717) is 18.3 Å². The zero-order valence-corrected chi connectivity index (χ0v) is 12.3. The van der Waals surface area contributed by atoms with Crippen LogP contribution in [-0.4, -0.2) is 31.2 Å². The number of esters is 1. The van der Waals surface area contributed by atoms with Crippen LogP contribution in [0.15, 0.2) is 24.3 Å². The topological polar surface area (TPSA) is 55.8 Å². The third-order valence-electron chi connectivity index (χ3n) is 2.89. The largest absolute Gasteiger partial charge is 0.493 e. The summed E-state index contributed by atoms with van der Waals surface area (Å²) in [5.74, 6) is -2.11. The van der Waals surface area contributed by atoms with Crippen LogP contribution in [0.3, 0.4) is 0 Å². The van der Waals surface area contributed by atoms with Crippen LogP contribution >= 0.6 is 0 Å². The number of benzene rings is 1. The molecule has 0 aliphatic heterocycles. The van der Waals surface area contributed by atoms with Gasteiger partial charge in [-0.3, -0.25) is 4.79 Å². The van der Waals surface area contributed by atoms with E-state index in [2.05, 4.69) is 4.74 Å². The Hall–Kier alpha value is -1.69. The number of methoxy groups -OCH3 is 1. The molecule has 2 atom stereocenters. The zero-order valence-electron chi connectivity index (χ0n) is 12.3. The van der Waals surface area contributed by atoms with Gasteiger partial charge in [-0.15, -0.1) is 0 Å². The van der Waals surface area contributed by atoms with Gasteiger partial charge in [0.2, 0.25) is 0 Å². The van der Waals surface area contributed by atoms with Gasteiger partial charge < -0.3 is 14.6 Å². The highest BCUT2D eigenvalue weighted by Crippen LogP contribution is 2.29. The summed E-state index contributed by atoms with van der Waals surface area (Å²) in [5, 5.41) is 9.94. The van der Waals surface area contributed by atoms with Crippen molar-refractivity contribution in [3.05, 3.63) is 29.8 Å². The number of hydrogen-bond acceptors (Lipinski definition) is 4. The van der Waals surface area contributed by atoms with Crippen LogP contribution in [0, 0.1) is 11.8 Å². The number of carbonyl (C=O) groups is 1. The fourth-order valence-electron chi connectivity index (χ4n) is 1.74. The summed E-state index contributed by atoms with van der Waals surface area (Å²) in [6.07, 6.45) is -4.64. The molecule has 6 heteroatoms. The van der Waals surface area contributed by atoms with Crippen molar-refractivity contribution in [3.8, 4) is 5.75 Å². The Kier molecular flexibility index (Phi) is 6.55. The predicted molar refractivity (Wildman–Crippen MR) is 73.2 cm³/mol. The Morgan fingerprint density at radius 1 is 1.24 bits per heavy atom. The number of hydrogen-bond donors (Lipinski definition) is 1. The Bertz CT molecular complexity index is 445. The maximum atomic E-state index is 12.9. The van der Waals surface area contributed by atoms with Crippen molar-refractivity contribution in [1.29, 1.82) is 0 Å². The van der Waals surface area contributed by atoms with E-state index in [1.54, 1.807) is 12.1 Å². The summed E-state index contributed by atoms with van der Waals surface area (Å²) in [6, 6.07) is 6.05. The number of carbonyl (C=O) groups excluding carboxylic acids is 1. The van der Waals surface area contributed by atoms with Crippen molar-refractivity contribution in [2.24, 2.45) is 11.8 Å². The molecule has 118 valence electrons. The van der Waals surface area contributed by atoms with Crippen molar-refractivity contribution < 1.29 is 28.2 Å². The maximum absolute atomic E-state index is 12.9. The number of aliphatic hydroxyl groups is 1. The fourth-order valence-corrected chi connectivity index (χ4v) is 1.74. The Balaban J connectivity index is 2.81. The standard InChI is InChI=1S/C15H20F2O4/c1-9(2)8-21-11-6-4-10(5-7-11)13(18)12(14(16)17)15(19)20-3/h4-7,9,12-14,18H,8H2,1-3H3. The average molecular weight is 302 g/mol. The summed E-state index contributed by atoms with van der Waals surface area (Å²) in [4.78, 5) is 11.3. The summed E-state index contributed by atoms with van der Waals surface area (Å²) in [7, 11) is 1.01. The van der Waals surface area contributed by atoms with Gasteiger partial charge >= 0.3 is 5.97 Å². The number of aliphatic hydroxyl groups excluding tert-OH is 1. The Morgan fingerprint density at radius 3 is 2.24 bits per heavy atom. The predicted octanol–water partition coefficient (Wildman–Crippen LogP) is 2.81. The monoisotopic (exact) mass is 302 g/mol. The molecule has 0 amide bonds. The third kappa shape index (κ3) is 4.97. The van der Waals surface area contributed by atoms with Crippen LogP contribution in [0.25, 0.3) is 0 Å². The third-order valence-corrected chi connectivity index (χ3v) is 2.89. The highest BCUT2D eigenvalue weighted by molar-refractivity contribution is 5.73. The van der Waals surface area contributed by atoms with Crippen molar-refractivity contribution in [1.82, 2.24) is 0 Å². The smallest absolute Gasteiger partial charge is 0.317 e. The lowest BCUT2D eigenvalue weighted by molar-refractivity contribution is -0.157. The van der Waals surface area contributed by atoms with E-state index in [-0.39, 0.29) is 5.56 Å². The minimum Gasteiger partial charge on any atom is -0.493 e. The first-order valence-electron chi connectivity index (χ1n) is 6.63. The summed E-state index contributed by atoms with van der Waals surface area (Å²) in [5.41, 5.74) is 0.211. The van der Waals surface area contributed by atoms with Gasteiger partial charge in [0.25, 0.3) is 6.43 Å². The van der Waals surface area contributed by atoms with Gasteiger partial charge in [0.05, 0.1) is 19.8 Å². The minimum absolute atomic E-state index is 0.211. The number of alkyl halides is 2. The summed E-state index contributed by atoms with van der Waals surface area (Å²) >= 11 is 0. The van der Waals surface area contributed by atoms with Gasteiger partial charge in [0.15, 0.2) is 0 Å². The van der Waals surface area contributed by atoms with Crippen LogP contribution in [0.1, 0.15) is 25.5 Å². The molecular weight excluding hydrogens is 282 g/mol. The normalized spacial score (nSPS) is 14.1. The number of halogens is 2. The Labute approximate surface area is 122 Å². The van der Waals surface area contributed by atoms with Crippen LogP contribution in [0.2, 0.25) is 0 Å². The van der Waals surface area contributed by atoms with E-state index in [4.69, 9.17) is 4.74 Å². The van der Waals surface area contributed by atoms with E-state index in [1.165, 1.54) is 12.1 Å². The van der Waals surface area contributed by atoms with E-state index >= 15 is 0 Å². The zero-order chi connectivity index (χ0) is 16.0. The maximum Gasteiger partial charge on any atom is 0.317 e. The van der Waals surface area contributed by atoms with Crippen LogP contribution in [0.5, 0.6) is 5.75 Å². The molecule has 1 aromatic rings. The molecule has 0 aromatic heterocycles. The van der Waals surface area contributed by atoms with E-state index in [0.717, 1.165) is 7.11 Å². The molecular formula is C15H20F2O4. The highest BCUT2D eigenvalue weighted by Gasteiger charge is 2.37. The van der Waals surface area contributed by atoms with E-state index in [1.807, 2.05) is 13.8 Å². The lowest BCUT2D eigenvalue weighted by atomic mass is 9.96. The van der Waals surface area contributed by atoms with Crippen molar-refractivity contribution >= 4 is 5.97 Å². The molecule has 0 saturated heterocycles. The quantitative estimate of drug-likeness (QED) is 0.787. The summed E-state index contributed by atoms with van der Waals surface area (Å²) < 4.78 is 35.5. The molecule has 1 N–H and O–H groups in total. The first-order chi connectivity index (χ1) is 9.86. The molecule has 4 nitrogen and oxygen atoms in total.